The lowest BCUT2D eigenvalue weighted by Gasteiger charge is -2.32. The van der Waals surface area contributed by atoms with E-state index in [0.717, 1.165) is 16.4 Å². The lowest BCUT2D eigenvalue weighted by molar-refractivity contribution is 0.00578. The first kappa shape index (κ1) is 14.1. The van der Waals surface area contributed by atoms with E-state index < -0.39 is 0 Å². The van der Waals surface area contributed by atoms with Crippen LogP contribution in [0, 0.1) is 0 Å². The molecule has 0 aliphatic carbocycles. The summed E-state index contributed by atoms with van der Waals surface area (Å²) in [7, 11) is -0.296. The molecule has 0 aromatic heterocycles. The minimum absolute atomic E-state index is 0.291. The number of hydrogen-bond acceptors (Lipinski definition) is 2. The predicted octanol–water partition coefficient (Wildman–Crippen LogP) is 3.31. The summed E-state index contributed by atoms with van der Waals surface area (Å²) in [5.41, 5.74) is 1.79. The Kier molecular flexibility index (Phi) is 3.65. The Bertz CT molecular complexity index is 441. The van der Waals surface area contributed by atoms with Crippen molar-refractivity contribution < 1.29 is 9.31 Å². The lowest BCUT2D eigenvalue weighted by Crippen LogP contribution is -2.41. The van der Waals surface area contributed by atoms with Gasteiger partial charge in [-0.15, -0.1) is 0 Å². The van der Waals surface area contributed by atoms with Crippen molar-refractivity contribution in [3.05, 3.63) is 28.2 Å². The summed E-state index contributed by atoms with van der Waals surface area (Å²) < 4.78 is 13.2. The van der Waals surface area contributed by atoms with Crippen LogP contribution in [-0.4, -0.2) is 18.3 Å². The molecule has 0 atom stereocenters. The van der Waals surface area contributed by atoms with E-state index in [1.165, 1.54) is 5.56 Å². The van der Waals surface area contributed by atoms with Gasteiger partial charge in [0, 0.05) is 4.47 Å². The van der Waals surface area contributed by atoms with Gasteiger partial charge in [0.15, 0.2) is 0 Å². The standard InChI is InChI=1S/C14H20BBrO2/c1-6-10-7-8-11(12(16)9-10)15-17-13(2,3)14(4,5)18-15/h7-9H,6H2,1-5H3. The van der Waals surface area contributed by atoms with E-state index in [0.29, 0.717) is 0 Å². The number of hydrogen-bond donors (Lipinski definition) is 0. The number of rotatable bonds is 2. The molecule has 0 N–H and O–H groups in total. The molecule has 1 saturated heterocycles. The molecule has 1 fully saturated rings. The molecule has 18 heavy (non-hydrogen) atoms. The molecule has 1 aromatic rings. The second-order valence-corrected chi connectivity index (χ2v) is 6.65. The normalized spacial score (nSPS) is 21.3. The van der Waals surface area contributed by atoms with Crippen LogP contribution in [-0.2, 0) is 15.7 Å². The second kappa shape index (κ2) is 4.66. The fourth-order valence-electron chi connectivity index (χ4n) is 1.95. The van der Waals surface area contributed by atoms with Crippen LogP contribution in [0.15, 0.2) is 22.7 Å². The van der Waals surface area contributed by atoms with Crippen LogP contribution in [0.2, 0.25) is 0 Å². The van der Waals surface area contributed by atoms with E-state index in [2.05, 4.69) is 68.7 Å². The van der Waals surface area contributed by atoms with Crippen molar-refractivity contribution in [2.24, 2.45) is 0 Å². The predicted molar refractivity (Wildman–Crippen MR) is 79.2 cm³/mol. The lowest BCUT2D eigenvalue weighted by atomic mass is 9.79. The van der Waals surface area contributed by atoms with Gasteiger partial charge in [-0.3, -0.25) is 0 Å². The zero-order valence-electron chi connectivity index (χ0n) is 11.7. The summed E-state index contributed by atoms with van der Waals surface area (Å²) in [6, 6.07) is 6.36. The van der Waals surface area contributed by atoms with Crippen LogP contribution in [0.25, 0.3) is 0 Å². The monoisotopic (exact) mass is 310 g/mol. The highest BCUT2D eigenvalue weighted by atomic mass is 79.9. The van der Waals surface area contributed by atoms with Crippen LogP contribution < -0.4 is 5.46 Å². The smallest absolute Gasteiger partial charge is 0.399 e. The van der Waals surface area contributed by atoms with E-state index >= 15 is 0 Å². The Morgan fingerprint density at radius 3 is 2.11 bits per heavy atom. The van der Waals surface area contributed by atoms with Gasteiger partial charge in [-0.2, -0.15) is 0 Å². The first-order valence-corrected chi connectivity index (χ1v) is 7.20. The topological polar surface area (TPSA) is 18.5 Å². The molecule has 1 aromatic carbocycles. The molecule has 4 heteroatoms. The van der Waals surface area contributed by atoms with Gasteiger partial charge in [-0.25, -0.2) is 0 Å². The third-order valence-electron chi connectivity index (χ3n) is 3.98. The summed E-state index contributed by atoms with van der Waals surface area (Å²) in [6.45, 7) is 10.4. The van der Waals surface area contributed by atoms with E-state index in [-0.39, 0.29) is 18.3 Å². The number of aryl methyl sites for hydroxylation is 1. The van der Waals surface area contributed by atoms with E-state index in [9.17, 15) is 0 Å². The fraction of sp³-hybridized carbons (Fsp3) is 0.571. The van der Waals surface area contributed by atoms with Crippen LogP contribution in [0.4, 0.5) is 0 Å². The van der Waals surface area contributed by atoms with Gasteiger partial charge >= 0.3 is 7.12 Å². The summed E-state index contributed by atoms with van der Waals surface area (Å²) in [5.74, 6) is 0. The van der Waals surface area contributed by atoms with E-state index in [1.807, 2.05) is 0 Å². The maximum absolute atomic E-state index is 6.05. The summed E-state index contributed by atoms with van der Waals surface area (Å²) in [4.78, 5) is 0. The Labute approximate surface area is 118 Å². The summed E-state index contributed by atoms with van der Waals surface area (Å²) >= 11 is 3.61. The van der Waals surface area contributed by atoms with Crippen molar-refractivity contribution in [3.8, 4) is 0 Å². The average molecular weight is 311 g/mol. The molecular formula is C14H20BBrO2. The first-order chi connectivity index (χ1) is 8.27. The summed E-state index contributed by atoms with van der Waals surface area (Å²) in [5, 5.41) is 0. The van der Waals surface area contributed by atoms with Crippen molar-refractivity contribution in [3.63, 3.8) is 0 Å². The second-order valence-electron chi connectivity index (χ2n) is 5.80. The molecule has 2 rings (SSSR count). The fourth-order valence-corrected chi connectivity index (χ4v) is 2.56. The first-order valence-electron chi connectivity index (χ1n) is 6.41. The van der Waals surface area contributed by atoms with Gasteiger partial charge in [0.05, 0.1) is 11.2 Å². The number of benzene rings is 1. The van der Waals surface area contributed by atoms with Gasteiger partial charge in [-0.1, -0.05) is 35.0 Å². The van der Waals surface area contributed by atoms with Crippen LogP contribution >= 0.6 is 15.9 Å². The molecule has 0 bridgehead atoms. The number of halogens is 1. The zero-order valence-corrected chi connectivity index (χ0v) is 13.3. The highest BCUT2D eigenvalue weighted by Crippen LogP contribution is 2.37. The molecule has 0 saturated carbocycles. The Morgan fingerprint density at radius 2 is 1.67 bits per heavy atom. The maximum atomic E-state index is 6.05. The Morgan fingerprint density at radius 1 is 1.11 bits per heavy atom. The van der Waals surface area contributed by atoms with Crippen molar-refractivity contribution >= 4 is 28.5 Å². The quantitative estimate of drug-likeness (QED) is 0.780. The zero-order chi connectivity index (χ0) is 13.6. The van der Waals surface area contributed by atoms with Crippen LogP contribution in [0.1, 0.15) is 40.2 Å². The van der Waals surface area contributed by atoms with Crippen molar-refractivity contribution in [1.82, 2.24) is 0 Å². The SMILES string of the molecule is CCc1ccc(B2OC(C)(C)C(C)(C)O2)c(Br)c1. The highest BCUT2D eigenvalue weighted by molar-refractivity contribution is 9.10. The molecule has 0 unspecified atom stereocenters. The van der Waals surface area contributed by atoms with Gasteiger partial charge < -0.3 is 9.31 Å². The minimum atomic E-state index is -0.296. The molecule has 1 aliphatic rings. The van der Waals surface area contributed by atoms with Gasteiger partial charge in [0.25, 0.3) is 0 Å². The molecule has 1 heterocycles. The highest BCUT2D eigenvalue weighted by Gasteiger charge is 2.52. The van der Waals surface area contributed by atoms with E-state index in [4.69, 9.17) is 9.31 Å². The maximum Gasteiger partial charge on any atom is 0.495 e. The van der Waals surface area contributed by atoms with Crippen molar-refractivity contribution in [1.29, 1.82) is 0 Å². The Hall–Kier alpha value is -0.315. The van der Waals surface area contributed by atoms with Crippen molar-refractivity contribution in [2.45, 2.75) is 52.2 Å². The molecule has 2 nitrogen and oxygen atoms in total. The molecular weight excluding hydrogens is 291 g/mol. The minimum Gasteiger partial charge on any atom is -0.399 e. The van der Waals surface area contributed by atoms with Crippen LogP contribution in [0.5, 0.6) is 0 Å². The van der Waals surface area contributed by atoms with Gasteiger partial charge in [0.2, 0.25) is 0 Å². The Balaban J connectivity index is 2.30. The molecule has 0 spiro atoms. The van der Waals surface area contributed by atoms with Gasteiger partial charge in [0.1, 0.15) is 0 Å². The largest absolute Gasteiger partial charge is 0.495 e. The molecule has 98 valence electrons. The molecule has 0 radical (unpaired) electrons. The molecule has 0 amide bonds. The van der Waals surface area contributed by atoms with Crippen LogP contribution in [0.3, 0.4) is 0 Å². The third-order valence-corrected chi connectivity index (χ3v) is 4.67. The van der Waals surface area contributed by atoms with E-state index in [1.54, 1.807) is 0 Å². The third kappa shape index (κ3) is 2.38. The average Bonchev–Trinajstić information content (AvgIpc) is 2.47. The summed E-state index contributed by atoms with van der Waals surface area (Å²) in [6.07, 6.45) is 1.03. The van der Waals surface area contributed by atoms with Crippen molar-refractivity contribution in [2.75, 3.05) is 0 Å². The van der Waals surface area contributed by atoms with Gasteiger partial charge in [-0.05, 0) is 51.2 Å². The molecule has 1 aliphatic heterocycles.